The van der Waals surface area contributed by atoms with Crippen LogP contribution in [0.4, 0.5) is 4.39 Å². The molecule has 0 saturated heterocycles. The number of nitrogens with zero attached hydrogens (tertiary/aromatic N) is 2. The molecule has 0 fully saturated rings. The van der Waals surface area contributed by atoms with E-state index in [1.807, 2.05) is 0 Å². The van der Waals surface area contributed by atoms with Crippen LogP contribution in [0, 0.1) is 11.9 Å². The van der Waals surface area contributed by atoms with Crippen molar-refractivity contribution in [3.05, 3.63) is 54.2 Å². The summed E-state index contributed by atoms with van der Waals surface area (Å²) in [5.74, 6) is 0.0375. The summed E-state index contributed by atoms with van der Waals surface area (Å²) in [4.78, 5) is 7.73. The maximum absolute atomic E-state index is 13.1. The van der Waals surface area contributed by atoms with Gasteiger partial charge in [0.2, 0.25) is 5.88 Å². The average molecular weight is 203 g/mol. The largest absolute Gasteiger partial charge is 0.472 e. The Bertz CT molecular complexity index is 434. The Hall–Kier alpha value is -1.97. The smallest absolute Gasteiger partial charge is 0.232 e. The van der Waals surface area contributed by atoms with E-state index in [9.17, 15) is 4.39 Å². The molecule has 0 aliphatic carbocycles. The fourth-order valence-corrected chi connectivity index (χ4v) is 1.07. The summed E-state index contributed by atoms with van der Waals surface area (Å²) in [5.41, 5.74) is 0.378. The Balaban J connectivity index is 2.03. The minimum Gasteiger partial charge on any atom is -0.472 e. The van der Waals surface area contributed by atoms with Crippen LogP contribution >= 0.6 is 0 Å². The summed E-state index contributed by atoms with van der Waals surface area (Å²) in [5, 5.41) is 0. The van der Waals surface area contributed by atoms with Crippen LogP contribution in [-0.4, -0.2) is 9.97 Å². The van der Waals surface area contributed by atoms with Gasteiger partial charge in [-0.1, -0.05) is 12.1 Å². The van der Waals surface area contributed by atoms with Crippen molar-refractivity contribution >= 4 is 0 Å². The first kappa shape index (κ1) is 9.58. The molecule has 0 aliphatic rings. The number of aromatic nitrogens is 2. The van der Waals surface area contributed by atoms with Gasteiger partial charge in [-0.2, -0.15) is 0 Å². The standard InChI is InChI=1S/C11H8FN2O/c12-10-4-2-1-3-9(10)8-15-11-7-13-5-6-14-11/h1-2,4-7H,8H2. The van der Waals surface area contributed by atoms with Crippen LogP contribution in [0.15, 0.2) is 36.8 Å². The molecule has 75 valence electrons. The zero-order chi connectivity index (χ0) is 10.5. The van der Waals surface area contributed by atoms with Crippen molar-refractivity contribution in [3.63, 3.8) is 0 Å². The number of rotatable bonds is 3. The lowest BCUT2D eigenvalue weighted by Gasteiger charge is -2.04. The van der Waals surface area contributed by atoms with E-state index in [1.54, 1.807) is 18.3 Å². The van der Waals surface area contributed by atoms with Gasteiger partial charge >= 0.3 is 0 Å². The summed E-state index contributed by atoms with van der Waals surface area (Å²) < 4.78 is 18.4. The van der Waals surface area contributed by atoms with Gasteiger partial charge in [0.25, 0.3) is 0 Å². The van der Waals surface area contributed by atoms with Gasteiger partial charge in [0.15, 0.2) is 0 Å². The molecule has 1 aromatic heterocycles. The molecule has 0 aliphatic heterocycles. The number of ether oxygens (including phenoxy) is 1. The lowest BCUT2D eigenvalue weighted by molar-refractivity contribution is 0.286. The molecule has 0 atom stereocenters. The van der Waals surface area contributed by atoms with E-state index in [0.717, 1.165) is 0 Å². The second-order valence-corrected chi connectivity index (χ2v) is 2.83. The predicted molar refractivity (Wildman–Crippen MR) is 51.6 cm³/mol. The maximum Gasteiger partial charge on any atom is 0.232 e. The van der Waals surface area contributed by atoms with Gasteiger partial charge in [0.05, 0.1) is 6.20 Å². The van der Waals surface area contributed by atoms with Crippen LogP contribution in [-0.2, 0) is 6.61 Å². The highest BCUT2D eigenvalue weighted by molar-refractivity contribution is 5.15. The normalized spacial score (nSPS) is 9.93. The van der Waals surface area contributed by atoms with E-state index in [1.165, 1.54) is 18.5 Å². The topological polar surface area (TPSA) is 35.0 Å². The number of halogens is 1. The van der Waals surface area contributed by atoms with E-state index in [-0.39, 0.29) is 12.4 Å². The monoisotopic (exact) mass is 203 g/mol. The Morgan fingerprint density at radius 2 is 2.33 bits per heavy atom. The fraction of sp³-hybridized carbons (Fsp3) is 0.0909. The van der Waals surface area contributed by atoms with Crippen LogP contribution < -0.4 is 4.74 Å². The third kappa shape index (κ3) is 2.49. The average Bonchev–Trinajstić information content (AvgIpc) is 2.29. The van der Waals surface area contributed by atoms with Crippen LogP contribution in [0.3, 0.4) is 0 Å². The van der Waals surface area contributed by atoms with Crippen LogP contribution in [0.5, 0.6) is 5.88 Å². The highest BCUT2D eigenvalue weighted by Gasteiger charge is 2.02. The third-order valence-electron chi connectivity index (χ3n) is 1.79. The first-order chi connectivity index (χ1) is 7.36. The molecule has 0 spiro atoms. The minimum absolute atomic E-state index is 0.103. The number of hydrogen-bond donors (Lipinski definition) is 0. The molecule has 1 aromatic carbocycles. The zero-order valence-electron chi connectivity index (χ0n) is 7.85. The van der Waals surface area contributed by atoms with Crippen molar-refractivity contribution in [2.24, 2.45) is 0 Å². The van der Waals surface area contributed by atoms with Gasteiger partial charge < -0.3 is 4.74 Å². The van der Waals surface area contributed by atoms with Gasteiger partial charge in [0, 0.05) is 18.0 Å². The van der Waals surface area contributed by atoms with E-state index < -0.39 is 0 Å². The molecule has 0 bridgehead atoms. The SMILES string of the molecule is Fc1ccc[c]c1COc1cnccn1. The highest BCUT2D eigenvalue weighted by Crippen LogP contribution is 2.09. The maximum atomic E-state index is 13.1. The second-order valence-electron chi connectivity index (χ2n) is 2.83. The Morgan fingerprint density at radius 3 is 3.07 bits per heavy atom. The molecule has 0 N–H and O–H groups in total. The van der Waals surface area contributed by atoms with E-state index in [2.05, 4.69) is 16.0 Å². The number of hydrogen-bond acceptors (Lipinski definition) is 3. The van der Waals surface area contributed by atoms with E-state index in [4.69, 9.17) is 4.74 Å². The van der Waals surface area contributed by atoms with Gasteiger partial charge in [0.1, 0.15) is 12.4 Å². The first-order valence-electron chi connectivity index (χ1n) is 4.40. The molecule has 1 radical (unpaired) electrons. The predicted octanol–water partition coefficient (Wildman–Crippen LogP) is 1.99. The molecule has 0 saturated carbocycles. The molecule has 1 heterocycles. The van der Waals surface area contributed by atoms with Gasteiger partial charge in [-0.15, -0.1) is 0 Å². The first-order valence-corrected chi connectivity index (χ1v) is 4.40. The summed E-state index contributed by atoms with van der Waals surface area (Å²) in [7, 11) is 0. The van der Waals surface area contributed by atoms with Gasteiger partial charge in [-0.3, -0.25) is 4.98 Å². The molecular weight excluding hydrogens is 195 g/mol. The van der Waals surface area contributed by atoms with Crippen LogP contribution in [0.2, 0.25) is 0 Å². The molecule has 4 heteroatoms. The summed E-state index contributed by atoms with van der Waals surface area (Å²) >= 11 is 0. The molecule has 2 aromatic rings. The molecule has 3 nitrogen and oxygen atoms in total. The van der Waals surface area contributed by atoms with Crippen molar-refractivity contribution in [1.29, 1.82) is 0 Å². The Kier molecular flexibility index (Phi) is 2.88. The minimum atomic E-state index is -0.332. The highest BCUT2D eigenvalue weighted by atomic mass is 19.1. The van der Waals surface area contributed by atoms with Gasteiger partial charge in [-0.05, 0) is 12.1 Å². The molecule has 2 rings (SSSR count). The lowest BCUT2D eigenvalue weighted by Crippen LogP contribution is -1.99. The van der Waals surface area contributed by atoms with Crippen molar-refractivity contribution < 1.29 is 9.13 Å². The summed E-state index contributed by atoms with van der Waals surface area (Å²) in [6.07, 6.45) is 4.53. The molecule has 15 heavy (non-hydrogen) atoms. The second kappa shape index (κ2) is 4.50. The Labute approximate surface area is 86.6 Å². The zero-order valence-corrected chi connectivity index (χ0v) is 7.85. The third-order valence-corrected chi connectivity index (χ3v) is 1.79. The molecule has 0 amide bonds. The van der Waals surface area contributed by atoms with Crippen molar-refractivity contribution in [3.8, 4) is 5.88 Å². The van der Waals surface area contributed by atoms with Crippen molar-refractivity contribution in [2.45, 2.75) is 6.61 Å². The van der Waals surface area contributed by atoms with Crippen LogP contribution in [0.25, 0.3) is 0 Å². The van der Waals surface area contributed by atoms with Crippen molar-refractivity contribution in [2.75, 3.05) is 0 Å². The van der Waals surface area contributed by atoms with Crippen molar-refractivity contribution in [1.82, 2.24) is 9.97 Å². The number of benzene rings is 1. The lowest BCUT2D eigenvalue weighted by atomic mass is 10.2. The fourth-order valence-electron chi connectivity index (χ4n) is 1.07. The van der Waals surface area contributed by atoms with E-state index >= 15 is 0 Å². The summed E-state index contributed by atoms with van der Waals surface area (Å²) in [6.45, 7) is 0.103. The van der Waals surface area contributed by atoms with Gasteiger partial charge in [-0.25, -0.2) is 9.37 Å². The molecule has 0 unspecified atom stereocenters. The van der Waals surface area contributed by atoms with Crippen LogP contribution in [0.1, 0.15) is 5.56 Å². The summed E-state index contributed by atoms with van der Waals surface area (Å²) in [6, 6.07) is 7.35. The van der Waals surface area contributed by atoms with E-state index in [0.29, 0.717) is 11.4 Å². The molecular formula is C11H8FN2O. The Morgan fingerprint density at radius 1 is 1.40 bits per heavy atom. The quantitative estimate of drug-likeness (QED) is 0.765.